The Labute approximate surface area is 195 Å². The van der Waals surface area contributed by atoms with Crippen molar-refractivity contribution in [3.05, 3.63) is 52.4 Å². The van der Waals surface area contributed by atoms with Gasteiger partial charge in [0.05, 0.1) is 5.69 Å². The summed E-state index contributed by atoms with van der Waals surface area (Å²) in [6.07, 6.45) is 4.74. The van der Waals surface area contributed by atoms with E-state index in [1.807, 2.05) is 0 Å². The molecular weight excluding hydrogens is 462 g/mol. The topological polar surface area (TPSA) is 117 Å². The van der Waals surface area contributed by atoms with Gasteiger partial charge in [0.25, 0.3) is 15.6 Å². The number of nitrogens with zero attached hydrogens (tertiary/aromatic N) is 3. The normalized spacial score (nSPS) is 17.0. The van der Waals surface area contributed by atoms with Crippen molar-refractivity contribution in [3.63, 3.8) is 0 Å². The molecule has 11 heteroatoms. The quantitative estimate of drug-likeness (QED) is 0.436. The summed E-state index contributed by atoms with van der Waals surface area (Å²) in [6, 6.07) is 8.34. The standard InChI is InChI=1S/C22H25N5O4S2/c1-13(2)9-11-27-22(29)19(20(28)17-4-3-10-26(17)27)21-23-16-8-5-14(24-32-15-6-7-15)12-18(16)33(30,31)25-21/h3-5,8,10,12-13,15,24,28H,6-7,9,11H2,1-2H3,(H,23,25). The maximum atomic E-state index is 13.4. The summed E-state index contributed by atoms with van der Waals surface area (Å²) in [5.41, 5.74) is 0.706. The molecule has 1 fully saturated rings. The van der Waals surface area contributed by atoms with E-state index in [1.165, 1.54) is 10.7 Å². The predicted octanol–water partition coefficient (Wildman–Crippen LogP) is 3.64. The number of aromatic hydroxyl groups is 1. The number of hydrogen-bond donors (Lipinski definition) is 3. The molecule has 0 amide bonds. The minimum atomic E-state index is -4.09. The van der Waals surface area contributed by atoms with E-state index in [9.17, 15) is 18.3 Å². The molecule has 0 unspecified atom stereocenters. The molecule has 0 radical (unpaired) electrons. The first kappa shape index (κ1) is 21.9. The van der Waals surface area contributed by atoms with Gasteiger partial charge in [-0.15, -0.1) is 4.40 Å². The van der Waals surface area contributed by atoms with Crippen LogP contribution in [-0.2, 0) is 16.6 Å². The molecule has 1 aliphatic heterocycles. The average molecular weight is 488 g/mol. The van der Waals surface area contributed by atoms with Gasteiger partial charge in [0.2, 0.25) is 0 Å². The molecule has 1 aliphatic carbocycles. The van der Waals surface area contributed by atoms with Crippen molar-refractivity contribution in [2.24, 2.45) is 10.3 Å². The summed E-state index contributed by atoms with van der Waals surface area (Å²) in [5, 5.41) is 14.4. The minimum absolute atomic E-state index is 0.0241. The minimum Gasteiger partial charge on any atom is -0.505 e. The maximum Gasteiger partial charge on any atom is 0.286 e. The third-order valence-electron chi connectivity index (χ3n) is 5.66. The van der Waals surface area contributed by atoms with Crippen LogP contribution in [0.4, 0.5) is 11.4 Å². The molecule has 2 aliphatic rings. The number of nitrogens with one attached hydrogen (secondary N) is 2. The number of hydrogen-bond acceptors (Lipinski definition) is 7. The zero-order valence-corrected chi connectivity index (χ0v) is 19.9. The van der Waals surface area contributed by atoms with Crippen molar-refractivity contribution in [3.8, 4) is 5.75 Å². The lowest BCUT2D eigenvalue weighted by molar-refractivity contribution is 0.437. The van der Waals surface area contributed by atoms with E-state index in [4.69, 9.17) is 0 Å². The highest BCUT2D eigenvalue weighted by atomic mass is 32.2. The molecule has 33 heavy (non-hydrogen) atoms. The van der Waals surface area contributed by atoms with E-state index in [2.05, 4.69) is 28.3 Å². The number of benzene rings is 1. The van der Waals surface area contributed by atoms with Crippen molar-refractivity contribution in [2.45, 2.75) is 49.8 Å². The van der Waals surface area contributed by atoms with E-state index >= 15 is 0 Å². The van der Waals surface area contributed by atoms with E-state index < -0.39 is 15.6 Å². The number of sulfonamides is 1. The Morgan fingerprint density at radius 1 is 1.30 bits per heavy atom. The molecule has 0 saturated heterocycles. The summed E-state index contributed by atoms with van der Waals surface area (Å²) in [4.78, 5) is 13.4. The first-order valence-corrected chi connectivity index (χ1v) is 13.2. The van der Waals surface area contributed by atoms with Crippen molar-refractivity contribution >= 4 is 44.7 Å². The van der Waals surface area contributed by atoms with Gasteiger partial charge in [-0.05, 0) is 67.5 Å². The Kier molecular flexibility index (Phi) is 5.40. The maximum absolute atomic E-state index is 13.4. The Bertz CT molecular complexity index is 1430. The van der Waals surface area contributed by atoms with Gasteiger partial charge in [-0.1, -0.05) is 13.8 Å². The lowest BCUT2D eigenvalue weighted by Crippen LogP contribution is -2.35. The predicted molar refractivity (Wildman–Crippen MR) is 131 cm³/mol. The van der Waals surface area contributed by atoms with Crippen LogP contribution in [0, 0.1) is 5.92 Å². The van der Waals surface area contributed by atoms with Gasteiger partial charge in [0, 0.05) is 23.7 Å². The van der Waals surface area contributed by atoms with Crippen LogP contribution in [0.25, 0.3) is 5.52 Å². The van der Waals surface area contributed by atoms with Crippen molar-refractivity contribution in [1.29, 1.82) is 0 Å². The highest BCUT2D eigenvalue weighted by Gasteiger charge is 2.30. The van der Waals surface area contributed by atoms with E-state index in [0.29, 0.717) is 34.6 Å². The van der Waals surface area contributed by atoms with Gasteiger partial charge in [-0.2, -0.15) is 8.42 Å². The lowest BCUT2D eigenvalue weighted by atomic mass is 10.1. The number of aromatic nitrogens is 2. The van der Waals surface area contributed by atoms with Crippen LogP contribution < -0.4 is 15.6 Å². The Morgan fingerprint density at radius 3 is 2.82 bits per heavy atom. The SMILES string of the molecule is CC(C)CCn1c(=O)c(C2=NS(=O)(=O)c3cc(NSC4CC4)ccc3N2)c(O)c2cccn21. The third-order valence-corrected chi connectivity index (χ3v) is 8.14. The van der Waals surface area contributed by atoms with Crippen molar-refractivity contribution < 1.29 is 13.5 Å². The molecule has 174 valence electrons. The zero-order chi connectivity index (χ0) is 23.3. The van der Waals surface area contributed by atoms with Gasteiger partial charge in [0.1, 0.15) is 16.0 Å². The highest BCUT2D eigenvalue weighted by molar-refractivity contribution is 8.01. The van der Waals surface area contributed by atoms with E-state index in [0.717, 1.165) is 19.3 Å². The number of anilines is 2. The number of fused-ring (bicyclic) bond motifs is 2. The molecule has 3 heterocycles. The second-order valence-corrected chi connectivity index (χ2v) is 11.4. The zero-order valence-electron chi connectivity index (χ0n) is 18.3. The smallest absolute Gasteiger partial charge is 0.286 e. The molecule has 2 aromatic heterocycles. The molecule has 1 aromatic carbocycles. The van der Waals surface area contributed by atoms with Crippen molar-refractivity contribution in [2.75, 3.05) is 10.0 Å². The second-order valence-electron chi connectivity index (χ2n) is 8.74. The summed E-state index contributed by atoms with van der Waals surface area (Å²) in [7, 11) is -4.09. The number of amidine groups is 1. The molecule has 0 spiro atoms. The Balaban J connectivity index is 1.58. The summed E-state index contributed by atoms with van der Waals surface area (Å²) < 4.78 is 36.2. The molecular formula is C22H25N5O4S2. The lowest BCUT2D eigenvalue weighted by Gasteiger charge is -2.21. The molecule has 3 aromatic rings. The Hall–Kier alpha value is -2.92. The van der Waals surface area contributed by atoms with Crippen LogP contribution in [0.2, 0.25) is 0 Å². The summed E-state index contributed by atoms with van der Waals surface area (Å²) in [6.45, 7) is 4.53. The molecule has 5 rings (SSSR count). The summed E-state index contributed by atoms with van der Waals surface area (Å²) >= 11 is 1.58. The van der Waals surface area contributed by atoms with Crippen LogP contribution >= 0.6 is 11.9 Å². The van der Waals surface area contributed by atoms with Gasteiger partial charge in [0.15, 0.2) is 11.6 Å². The van der Waals surface area contributed by atoms with Crippen LogP contribution in [0.5, 0.6) is 5.75 Å². The fraction of sp³-hybridized carbons (Fsp3) is 0.364. The molecule has 9 nitrogen and oxygen atoms in total. The van der Waals surface area contributed by atoms with Gasteiger partial charge < -0.3 is 15.1 Å². The Morgan fingerprint density at radius 2 is 2.09 bits per heavy atom. The highest BCUT2D eigenvalue weighted by Crippen LogP contribution is 2.37. The second kappa shape index (κ2) is 8.14. The van der Waals surface area contributed by atoms with Crippen LogP contribution in [0.3, 0.4) is 0 Å². The molecule has 0 bridgehead atoms. The average Bonchev–Trinajstić information content (AvgIpc) is 3.46. The number of aryl methyl sites for hydroxylation is 1. The first-order chi connectivity index (χ1) is 15.7. The van der Waals surface area contributed by atoms with E-state index in [1.54, 1.807) is 46.9 Å². The largest absolute Gasteiger partial charge is 0.505 e. The molecule has 1 saturated carbocycles. The van der Waals surface area contributed by atoms with Crippen LogP contribution in [0.1, 0.15) is 38.7 Å². The number of rotatable bonds is 7. The summed E-state index contributed by atoms with van der Waals surface area (Å²) in [5.74, 6) is -0.132. The monoisotopic (exact) mass is 487 g/mol. The van der Waals surface area contributed by atoms with Crippen LogP contribution in [-0.4, -0.2) is 33.8 Å². The van der Waals surface area contributed by atoms with E-state index in [-0.39, 0.29) is 22.0 Å². The first-order valence-electron chi connectivity index (χ1n) is 10.9. The molecule has 0 atom stereocenters. The van der Waals surface area contributed by atoms with Gasteiger partial charge in [-0.25, -0.2) is 4.68 Å². The fourth-order valence-corrected chi connectivity index (χ4v) is 5.65. The molecule has 3 N–H and O–H groups in total. The van der Waals surface area contributed by atoms with Crippen molar-refractivity contribution in [1.82, 2.24) is 9.20 Å². The van der Waals surface area contributed by atoms with Crippen LogP contribution in [0.15, 0.2) is 50.6 Å². The third kappa shape index (κ3) is 4.10. The fourth-order valence-electron chi connectivity index (χ4n) is 3.70. The van der Waals surface area contributed by atoms with Gasteiger partial charge >= 0.3 is 0 Å². The van der Waals surface area contributed by atoms with Gasteiger partial charge in [-0.3, -0.25) is 9.31 Å².